The van der Waals surface area contributed by atoms with Crippen molar-refractivity contribution in [3.05, 3.63) is 23.9 Å². The smallest absolute Gasteiger partial charge is 0.217 e. The Hall–Kier alpha value is -1.13. The summed E-state index contributed by atoms with van der Waals surface area (Å²) in [5, 5.41) is 0. The fourth-order valence-corrected chi connectivity index (χ4v) is 2.76. The van der Waals surface area contributed by atoms with Gasteiger partial charge in [0, 0.05) is 11.8 Å². The Morgan fingerprint density at radius 3 is 2.82 bits per heavy atom. The summed E-state index contributed by atoms with van der Waals surface area (Å²) >= 11 is 0. The van der Waals surface area contributed by atoms with Crippen molar-refractivity contribution in [2.75, 3.05) is 7.11 Å². The van der Waals surface area contributed by atoms with Crippen molar-refractivity contribution in [2.24, 2.45) is 11.8 Å². The van der Waals surface area contributed by atoms with Crippen LogP contribution in [0.5, 0.6) is 5.88 Å². The van der Waals surface area contributed by atoms with Gasteiger partial charge in [0.2, 0.25) is 5.88 Å². The van der Waals surface area contributed by atoms with Gasteiger partial charge >= 0.3 is 0 Å². The van der Waals surface area contributed by atoms with E-state index in [1.54, 1.807) is 13.3 Å². The number of hydrogen-bond acceptors (Lipinski definition) is 4. The molecule has 1 atom stereocenters. The summed E-state index contributed by atoms with van der Waals surface area (Å²) in [5.41, 5.74) is 4.02. The van der Waals surface area contributed by atoms with E-state index in [0.29, 0.717) is 11.8 Å². The second kappa shape index (κ2) is 5.98. The fraction of sp³-hybridized carbons (Fsp3) is 0.615. The molecule has 1 aliphatic rings. The summed E-state index contributed by atoms with van der Waals surface area (Å²) in [6.45, 7) is 0. The number of hydrazine groups is 1. The minimum absolute atomic E-state index is 0.152. The van der Waals surface area contributed by atoms with E-state index in [2.05, 4.69) is 10.4 Å². The summed E-state index contributed by atoms with van der Waals surface area (Å²) in [6.07, 6.45) is 8.14. The van der Waals surface area contributed by atoms with Gasteiger partial charge in [0.05, 0.1) is 13.2 Å². The van der Waals surface area contributed by atoms with Crippen molar-refractivity contribution in [3.8, 4) is 5.88 Å². The van der Waals surface area contributed by atoms with Crippen LogP contribution in [0, 0.1) is 5.92 Å². The molecule has 4 heteroatoms. The minimum Gasteiger partial charge on any atom is -0.481 e. The third-order valence-electron chi connectivity index (χ3n) is 3.63. The lowest BCUT2D eigenvalue weighted by Gasteiger charge is -2.30. The molecule has 1 fully saturated rings. The molecular weight excluding hydrogens is 214 g/mol. The minimum atomic E-state index is 0.152. The van der Waals surface area contributed by atoms with Crippen molar-refractivity contribution in [3.63, 3.8) is 0 Å². The van der Waals surface area contributed by atoms with E-state index in [4.69, 9.17) is 10.6 Å². The standard InChI is InChI=1S/C13H21N3O/c1-17-13-11(8-5-9-15-13)12(16-14)10-6-3-2-4-7-10/h5,8-10,12,16H,2-4,6-7,14H2,1H3. The van der Waals surface area contributed by atoms with Crippen molar-refractivity contribution in [1.29, 1.82) is 0 Å². The van der Waals surface area contributed by atoms with E-state index >= 15 is 0 Å². The summed E-state index contributed by atoms with van der Waals surface area (Å²) < 4.78 is 5.31. The van der Waals surface area contributed by atoms with Gasteiger partial charge in [0.15, 0.2) is 0 Å². The maximum atomic E-state index is 5.73. The Labute approximate surface area is 103 Å². The van der Waals surface area contributed by atoms with Crippen LogP contribution in [0.15, 0.2) is 18.3 Å². The predicted molar refractivity (Wildman–Crippen MR) is 67.4 cm³/mol. The van der Waals surface area contributed by atoms with Gasteiger partial charge in [-0.05, 0) is 24.8 Å². The Morgan fingerprint density at radius 1 is 1.41 bits per heavy atom. The molecule has 17 heavy (non-hydrogen) atoms. The van der Waals surface area contributed by atoms with Gasteiger partial charge in [-0.15, -0.1) is 0 Å². The van der Waals surface area contributed by atoms with Crippen LogP contribution in [0.4, 0.5) is 0 Å². The molecule has 0 bridgehead atoms. The van der Waals surface area contributed by atoms with Crippen LogP contribution in [0.3, 0.4) is 0 Å². The van der Waals surface area contributed by atoms with Crippen LogP contribution in [-0.2, 0) is 0 Å². The van der Waals surface area contributed by atoms with Crippen LogP contribution in [-0.4, -0.2) is 12.1 Å². The van der Waals surface area contributed by atoms with Gasteiger partial charge in [-0.3, -0.25) is 11.3 Å². The monoisotopic (exact) mass is 235 g/mol. The van der Waals surface area contributed by atoms with Gasteiger partial charge in [0.25, 0.3) is 0 Å². The van der Waals surface area contributed by atoms with Crippen LogP contribution in [0.2, 0.25) is 0 Å². The Bertz CT molecular complexity index is 350. The molecular formula is C13H21N3O. The van der Waals surface area contributed by atoms with Gasteiger partial charge in [-0.1, -0.05) is 25.3 Å². The number of ether oxygens (including phenoxy) is 1. The molecule has 0 aliphatic heterocycles. The average molecular weight is 235 g/mol. The maximum absolute atomic E-state index is 5.73. The van der Waals surface area contributed by atoms with Crippen molar-refractivity contribution >= 4 is 0 Å². The highest BCUT2D eigenvalue weighted by molar-refractivity contribution is 5.29. The first kappa shape index (κ1) is 12.3. The second-order valence-corrected chi connectivity index (χ2v) is 4.64. The number of methoxy groups -OCH3 is 1. The molecule has 0 saturated heterocycles. The zero-order valence-corrected chi connectivity index (χ0v) is 10.4. The first-order valence-electron chi connectivity index (χ1n) is 6.32. The van der Waals surface area contributed by atoms with Crippen molar-refractivity contribution in [1.82, 2.24) is 10.4 Å². The summed E-state index contributed by atoms with van der Waals surface area (Å²) in [7, 11) is 1.65. The van der Waals surface area contributed by atoms with Crippen LogP contribution < -0.4 is 16.0 Å². The maximum Gasteiger partial charge on any atom is 0.217 e. The molecule has 0 amide bonds. The lowest BCUT2D eigenvalue weighted by molar-refractivity contribution is 0.265. The number of aromatic nitrogens is 1. The highest BCUT2D eigenvalue weighted by Crippen LogP contribution is 2.36. The van der Waals surface area contributed by atoms with Gasteiger partial charge in [-0.2, -0.15) is 0 Å². The van der Waals surface area contributed by atoms with E-state index in [0.717, 1.165) is 5.56 Å². The lowest BCUT2D eigenvalue weighted by Crippen LogP contribution is -2.34. The molecule has 1 unspecified atom stereocenters. The molecule has 1 aliphatic carbocycles. The van der Waals surface area contributed by atoms with Crippen molar-refractivity contribution in [2.45, 2.75) is 38.1 Å². The Morgan fingerprint density at radius 2 is 2.18 bits per heavy atom. The van der Waals surface area contributed by atoms with Crippen molar-refractivity contribution < 1.29 is 4.74 Å². The molecule has 1 saturated carbocycles. The normalized spacial score (nSPS) is 18.9. The summed E-state index contributed by atoms with van der Waals surface area (Å²) in [4.78, 5) is 4.24. The van der Waals surface area contributed by atoms with Gasteiger partial charge in [-0.25, -0.2) is 4.98 Å². The summed E-state index contributed by atoms with van der Waals surface area (Å²) in [6, 6.07) is 4.13. The molecule has 3 N–H and O–H groups in total. The van der Waals surface area contributed by atoms with Crippen LogP contribution in [0.1, 0.15) is 43.7 Å². The number of rotatable bonds is 4. The molecule has 1 aromatic heterocycles. The second-order valence-electron chi connectivity index (χ2n) is 4.64. The molecule has 0 spiro atoms. The third kappa shape index (κ3) is 2.76. The van der Waals surface area contributed by atoms with Crippen LogP contribution in [0.25, 0.3) is 0 Å². The number of nitrogens with one attached hydrogen (secondary N) is 1. The molecule has 1 heterocycles. The van der Waals surface area contributed by atoms with Gasteiger partial charge in [0.1, 0.15) is 0 Å². The highest BCUT2D eigenvalue weighted by atomic mass is 16.5. The lowest BCUT2D eigenvalue weighted by atomic mass is 9.81. The number of hydrogen-bond donors (Lipinski definition) is 2. The molecule has 0 aromatic carbocycles. The molecule has 1 aromatic rings. The predicted octanol–water partition coefficient (Wildman–Crippen LogP) is 2.17. The van der Waals surface area contributed by atoms with E-state index in [1.807, 2.05) is 12.1 Å². The highest BCUT2D eigenvalue weighted by Gasteiger charge is 2.26. The summed E-state index contributed by atoms with van der Waals surface area (Å²) in [5.74, 6) is 7.00. The molecule has 0 radical (unpaired) electrons. The Balaban J connectivity index is 2.21. The third-order valence-corrected chi connectivity index (χ3v) is 3.63. The Kier molecular flexibility index (Phi) is 4.34. The molecule has 4 nitrogen and oxygen atoms in total. The van der Waals surface area contributed by atoms with E-state index < -0.39 is 0 Å². The zero-order chi connectivity index (χ0) is 12.1. The SMILES string of the molecule is COc1ncccc1C(NN)C1CCCCC1. The van der Waals surface area contributed by atoms with Crippen LogP contribution >= 0.6 is 0 Å². The molecule has 94 valence electrons. The quantitative estimate of drug-likeness (QED) is 0.620. The zero-order valence-electron chi connectivity index (χ0n) is 10.4. The number of pyridine rings is 1. The first-order chi connectivity index (χ1) is 8.36. The number of nitrogens with two attached hydrogens (primary N) is 1. The number of nitrogens with zero attached hydrogens (tertiary/aromatic N) is 1. The topological polar surface area (TPSA) is 60.2 Å². The van der Waals surface area contributed by atoms with Gasteiger partial charge < -0.3 is 4.74 Å². The van der Waals surface area contributed by atoms with E-state index in [9.17, 15) is 0 Å². The van der Waals surface area contributed by atoms with E-state index in [-0.39, 0.29) is 6.04 Å². The fourth-order valence-electron chi connectivity index (χ4n) is 2.76. The largest absolute Gasteiger partial charge is 0.481 e. The average Bonchev–Trinajstić information content (AvgIpc) is 2.41. The first-order valence-corrected chi connectivity index (χ1v) is 6.32. The molecule has 2 rings (SSSR count). The van der Waals surface area contributed by atoms with E-state index in [1.165, 1.54) is 32.1 Å².